The number of para-hydroxylation sites is 1. The minimum Gasteiger partial charge on any atom is -0.478 e. The lowest BCUT2D eigenvalue weighted by Gasteiger charge is -2.17. The molecule has 1 N–H and O–H groups in total. The summed E-state index contributed by atoms with van der Waals surface area (Å²) in [5, 5.41) is 10.3. The Balaban J connectivity index is 1.38. The molecule has 32 heavy (non-hydrogen) atoms. The van der Waals surface area contributed by atoms with Gasteiger partial charge >= 0.3 is 5.97 Å². The molecule has 0 radical (unpaired) electrons. The number of carboxylic acid groups (broad SMARTS) is 1. The lowest BCUT2D eigenvalue weighted by Crippen LogP contribution is -2.32. The van der Waals surface area contributed by atoms with E-state index in [4.69, 9.17) is 4.98 Å². The molecule has 1 aromatic heterocycles. The molecule has 2 aromatic carbocycles. The maximum absolute atomic E-state index is 13.0. The standard InChI is InChI=1S/C26H20N2O4/c1-13-3-2-4-18-19(26(31)32)12-20(27-23(13)18)14-7-9-17(10-8-14)28-24(29)21-15-5-6-16(11-15)22(21)25(28)30/h2-10,12,15-16,21-22H,11H2,1H3,(H,31,32)/t15-,16-,21-,22+/m0/s1. The van der Waals surface area contributed by atoms with Crippen molar-refractivity contribution in [1.82, 2.24) is 4.98 Å². The Hall–Kier alpha value is -3.80. The molecular weight excluding hydrogens is 404 g/mol. The predicted octanol–water partition coefficient (Wildman–Crippen LogP) is 4.22. The van der Waals surface area contributed by atoms with Crippen LogP contribution < -0.4 is 4.90 Å². The van der Waals surface area contributed by atoms with Crippen molar-refractivity contribution in [2.45, 2.75) is 13.3 Å². The Morgan fingerprint density at radius 2 is 1.66 bits per heavy atom. The second-order valence-corrected chi connectivity index (χ2v) is 8.89. The predicted molar refractivity (Wildman–Crippen MR) is 119 cm³/mol. The Bertz CT molecular complexity index is 1330. The maximum Gasteiger partial charge on any atom is 0.336 e. The molecule has 1 saturated carbocycles. The fraction of sp³-hybridized carbons (Fsp3) is 0.231. The molecule has 6 rings (SSSR count). The third kappa shape index (κ3) is 2.52. The number of rotatable bonds is 3. The van der Waals surface area contributed by atoms with Crippen molar-refractivity contribution >= 4 is 34.4 Å². The number of amides is 2. The first-order valence-electron chi connectivity index (χ1n) is 10.7. The van der Waals surface area contributed by atoms with Crippen LogP contribution >= 0.6 is 0 Å². The van der Waals surface area contributed by atoms with Gasteiger partial charge in [0.2, 0.25) is 11.8 Å². The fourth-order valence-corrected chi connectivity index (χ4v) is 5.65. The topological polar surface area (TPSA) is 87.6 Å². The molecular formula is C26H20N2O4. The minimum absolute atomic E-state index is 0.114. The number of carbonyl (C=O) groups is 3. The molecule has 2 fully saturated rings. The monoisotopic (exact) mass is 424 g/mol. The average Bonchev–Trinajstić information content (AvgIpc) is 3.47. The van der Waals surface area contributed by atoms with Crippen molar-refractivity contribution in [3.8, 4) is 11.3 Å². The highest BCUT2D eigenvalue weighted by Gasteiger charge is 2.59. The van der Waals surface area contributed by atoms with E-state index in [-0.39, 0.29) is 41.0 Å². The minimum atomic E-state index is -1.01. The molecule has 2 aliphatic carbocycles. The summed E-state index contributed by atoms with van der Waals surface area (Å²) in [5.74, 6) is -1.37. The Kier molecular flexibility index (Phi) is 3.90. The number of allylic oxidation sites excluding steroid dienone is 2. The number of carbonyl (C=O) groups excluding carboxylic acids is 2. The number of fused-ring (bicyclic) bond motifs is 6. The van der Waals surface area contributed by atoms with Gasteiger partial charge in [-0.1, -0.05) is 42.5 Å². The van der Waals surface area contributed by atoms with Gasteiger partial charge in [-0.2, -0.15) is 0 Å². The highest BCUT2D eigenvalue weighted by Crippen LogP contribution is 2.53. The summed E-state index contributed by atoms with van der Waals surface area (Å²) in [5.41, 5.74) is 3.54. The zero-order valence-corrected chi connectivity index (χ0v) is 17.4. The fourth-order valence-electron chi connectivity index (χ4n) is 5.65. The summed E-state index contributed by atoms with van der Waals surface area (Å²) in [6, 6.07) is 14.1. The van der Waals surface area contributed by atoms with E-state index in [1.807, 2.05) is 19.1 Å². The van der Waals surface area contributed by atoms with Gasteiger partial charge in [-0.15, -0.1) is 0 Å². The maximum atomic E-state index is 13.0. The van der Waals surface area contributed by atoms with Crippen LogP contribution in [0.2, 0.25) is 0 Å². The van der Waals surface area contributed by atoms with E-state index in [2.05, 4.69) is 12.2 Å². The normalized spacial score (nSPS) is 25.7. The van der Waals surface area contributed by atoms with Gasteiger partial charge in [0.1, 0.15) is 0 Å². The molecule has 158 valence electrons. The summed E-state index contributed by atoms with van der Waals surface area (Å²) >= 11 is 0. The molecule has 6 heteroatoms. The number of hydrogen-bond acceptors (Lipinski definition) is 4. The van der Waals surface area contributed by atoms with Gasteiger partial charge in [0.05, 0.1) is 34.3 Å². The van der Waals surface area contributed by atoms with Crippen LogP contribution in [0.25, 0.3) is 22.2 Å². The summed E-state index contributed by atoms with van der Waals surface area (Å²) in [7, 11) is 0. The van der Waals surface area contributed by atoms with Crippen molar-refractivity contribution in [2.24, 2.45) is 23.7 Å². The lowest BCUT2D eigenvalue weighted by atomic mass is 9.85. The Labute approximate surface area is 184 Å². The third-order valence-electron chi connectivity index (χ3n) is 7.16. The number of aryl methyl sites for hydroxylation is 1. The number of nitrogens with zero attached hydrogens (tertiary/aromatic N) is 2. The van der Waals surface area contributed by atoms with Gasteiger partial charge in [0.25, 0.3) is 0 Å². The molecule has 6 nitrogen and oxygen atoms in total. The third-order valence-corrected chi connectivity index (χ3v) is 7.16. The number of aromatic carboxylic acids is 1. The second-order valence-electron chi connectivity index (χ2n) is 8.89. The molecule has 4 atom stereocenters. The number of benzene rings is 2. The van der Waals surface area contributed by atoms with E-state index in [9.17, 15) is 19.5 Å². The summed E-state index contributed by atoms with van der Waals surface area (Å²) in [4.78, 5) is 44.0. The number of imide groups is 1. The summed E-state index contributed by atoms with van der Waals surface area (Å²) in [6.07, 6.45) is 5.06. The molecule has 2 bridgehead atoms. The Morgan fingerprint density at radius 3 is 2.28 bits per heavy atom. The quantitative estimate of drug-likeness (QED) is 0.502. The van der Waals surface area contributed by atoms with E-state index in [0.29, 0.717) is 22.3 Å². The Morgan fingerprint density at radius 1 is 1.00 bits per heavy atom. The summed E-state index contributed by atoms with van der Waals surface area (Å²) < 4.78 is 0. The average molecular weight is 424 g/mol. The lowest BCUT2D eigenvalue weighted by molar-refractivity contribution is -0.123. The van der Waals surface area contributed by atoms with Crippen LogP contribution in [0.5, 0.6) is 0 Å². The number of hydrogen-bond donors (Lipinski definition) is 1. The number of aromatic nitrogens is 1. The van der Waals surface area contributed by atoms with Crippen LogP contribution in [-0.4, -0.2) is 27.9 Å². The van der Waals surface area contributed by atoms with E-state index in [1.165, 1.54) is 4.90 Å². The highest BCUT2D eigenvalue weighted by atomic mass is 16.4. The molecule has 0 unspecified atom stereocenters. The second kappa shape index (κ2) is 6.60. The van der Waals surface area contributed by atoms with Gasteiger partial charge in [-0.3, -0.25) is 14.5 Å². The van der Waals surface area contributed by atoms with Crippen LogP contribution in [0.3, 0.4) is 0 Å². The first-order valence-corrected chi connectivity index (χ1v) is 10.7. The highest BCUT2D eigenvalue weighted by molar-refractivity contribution is 6.22. The van der Waals surface area contributed by atoms with E-state index < -0.39 is 5.97 Å². The first-order chi connectivity index (χ1) is 15.4. The van der Waals surface area contributed by atoms with Crippen LogP contribution in [0.4, 0.5) is 5.69 Å². The van der Waals surface area contributed by atoms with Crippen LogP contribution in [0.1, 0.15) is 22.3 Å². The van der Waals surface area contributed by atoms with Crippen molar-refractivity contribution in [3.05, 3.63) is 71.8 Å². The SMILES string of the molecule is Cc1cccc2c(C(=O)O)cc(-c3ccc(N4C(=O)[C@@H]5[C@H](C4=O)[C@H]4C=C[C@H]5C4)cc3)nc12. The number of pyridine rings is 1. The van der Waals surface area contributed by atoms with Crippen molar-refractivity contribution in [1.29, 1.82) is 0 Å². The molecule has 3 aromatic rings. The molecule has 2 amide bonds. The van der Waals surface area contributed by atoms with Crippen LogP contribution in [0, 0.1) is 30.6 Å². The van der Waals surface area contributed by atoms with Gasteiger partial charge in [-0.25, -0.2) is 9.78 Å². The van der Waals surface area contributed by atoms with Gasteiger partial charge in [0.15, 0.2) is 0 Å². The number of anilines is 1. The van der Waals surface area contributed by atoms with E-state index in [1.54, 1.807) is 36.4 Å². The van der Waals surface area contributed by atoms with Crippen molar-refractivity contribution in [2.75, 3.05) is 4.90 Å². The van der Waals surface area contributed by atoms with Gasteiger partial charge < -0.3 is 5.11 Å². The zero-order valence-electron chi connectivity index (χ0n) is 17.4. The van der Waals surface area contributed by atoms with Gasteiger partial charge in [-0.05, 0) is 48.9 Å². The smallest absolute Gasteiger partial charge is 0.336 e. The van der Waals surface area contributed by atoms with Crippen LogP contribution in [-0.2, 0) is 9.59 Å². The summed E-state index contributed by atoms with van der Waals surface area (Å²) in [6.45, 7) is 1.90. The van der Waals surface area contributed by atoms with Crippen molar-refractivity contribution in [3.63, 3.8) is 0 Å². The largest absolute Gasteiger partial charge is 0.478 e. The zero-order chi connectivity index (χ0) is 22.1. The molecule has 3 aliphatic rings. The molecule has 1 aliphatic heterocycles. The molecule has 1 saturated heterocycles. The number of carboxylic acids is 1. The van der Waals surface area contributed by atoms with E-state index in [0.717, 1.165) is 17.5 Å². The van der Waals surface area contributed by atoms with Gasteiger partial charge in [0, 0.05) is 10.9 Å². The van der Waals surface area contributed by atoms with E-state index >= 15 is 0 Å². The van der Waals surface area contributed by atoms with Crippen molar-refractivity contribution < 1.29 is 19.5 Å². The van der Waals surface area contributed by atoms with Crippen LogP contribution in [0.15, 0.2) is 60.7 Å². The first kappa shape index (κ1) is 18.9. The molecule has 0 spiro atoms. The molecule has 2 heterocycles.